The minimum Gasteiger partial charge on any atom is -0.737 e. The minimum atomic E-state index is 0.127. The van der Waals surface area contributed by atoms with Gasteiger partial charge in [-0.3, -0.25) is 0 Å². The molecule has 1 saturated heterocycles. The molecule has 0 aliphatic carbocycles. The van der Waals surface area contributed by atoms with Gasteiger partial charge in [-0.2, -0.15) is 0 Å². The van der Waals surface area contributed by atoms with Crippen LogP contribution in [0.3, 0.4) is 0 Å². The topological polar surface area (TPSA) is 68.0 Å². The first-order chi connectivity index (χ1) is 7.81. The highest BCUT2D eigenvalue weighted by atomic mass is 16.6. The maximum Gasteiger partial charge on any atom is 0.0943 e. The van der Waals surface area contributed by atoms with E-state index < -0.39 is 0 Å². The Morgan fingerprint density at radius 1 is 1.06 bits per heavy atom. The lowest BCUT2D eigenvalue weighted by molar-refractivity contribution is -0.690. The number of hydrazine groups is 1. The van der Waals surface area contributed by atoms with Gasteiger partial charge in [-0.1, -0.05) is 18.2 Å². The van der Waals surface area contributed by atoms with Crippen molar-refractivity contribution < 1.29 is 4.97 Å². The molecule has 0 aromatic heterocycles. The maximum atomic E-state index is 11.0. The highest BCUT2D eigenvalue weighted by Gasteiger charge is 2.21. The Hall–Kier alpha value is -1.98. The van der Waals surface area contributed by atoms with Gasteiger partial charge in [0.1, 0.15) is 0 Å². The molecule has 16 heavy (non-hydrogen) atoms. The Morgan fingerprint density at radius 3 is 2.25 bits per heavy atom. The minimum absolute atomic E-state index is 0.127. The van der Waals surface area contributed by atoms with Gasteiger partial charge in [0.2, 0.25) is 0 Å². The van der Waals surface area contributed by atoms with E-state index >= 15 is 0 Å². The van der Waals surface area contributed by atoms with Crippen molar-refractivity contribution in [3.8, 4) is 0 Å². The molecule has 6 heteroatoms. The number of para-hydroxylation sites is 1. The summed E-state index contributed by atoms with van der Waals surface area (Å²) in [4.78, 5) is 2.30. The van der Waals surface area contributed by atoms with Crippen molar-refractivity contribution in [1.29, 1.82) is 0 Å². The van der Waals surface area contributed by atoms with Gasteiger partial charge in [-0.25, -0.2) is 0 Å². The lowest BCUT2D eigenvalue weighted by Gasteiger charge is -2.33. The van der Waals surface area contributed by atoms with E-state index in [1.54, 1.807) is 0 Å². The molecule has 2 rings (SSSR count). The molecule has 0 atom stereocenters. The second kappa shape index (κ2) is 4.69. The van der Waals surface area contributed by atoms with E-state index in [1.165, 1.54) is 5.01 Å². The first-order valence-corrected chi connectivity index (χ1v) is 5.16. The second-order valence-corrected chi connectivity index (χ2v) is 3.61. The van der Waals surface area contributed by atoms with E-state index in [1.807, 2.05) is 30.3 Å². The molecule has 1 aliphatic rings. The summed E-state index contributed by atoms with van der Waals surface area (Å²) in [6, 6.07) is 9.99. The zero-order chi connectivity index (χ0) is 11.4. The lowest BCUT2D eigenvalue weighted by Crippen LogP contribution is -2.48. The highest BCUT2D eigenvalue weighted by molar-refractivity contribution is 5.46. The fourth-order valence-electron chi connectivity index (χ4n) is 1.82. The molecule has 0 radical (unpaired) electrons. The van der Waals surface area contributed by atoms with E-state index in [-0.39, 0.29) is 4.97 Å². The van der Waals surface area contributed by atoms with Crippen molar-refractivity contribution in [2.24, 2.45) is 5.28 Å². The third-order valence-electron chi connectivity index (χ3n) is 2.69. The number of anilines is 1. The van der Waals surface area contributed by atoms with Crippen LogP contribution in [-0.2, 0) is 0 Å². The van der Waals surface area contributed by atoms with Crippen LogP contribution in [0.2, 0.25) is 0 Å². The number of rotatable bonds is 2. The summed E-state index contributed by atoms with van der Waals surface area (Å²) in [6.45, 7) is 2.48. The summed E-state index contributed by atoms with van der Waals surface area (Å²) >= 11 is 0. The third kappa shape index (κ3) is 2.16. The summed E-state index contributed by atoms with van der Waals surface area (Å²) in [7, 11) is 0. The van der Waals surface area contributed by atoms with Crippen LogP contribution in [-0.4, -0.2) is 36.2 Å². The van der Waals surface area contributed by atoms with Crippen LogP contribution >= 0.6 is 0 Å². The normalized spacial score (nSPS) is 17.6. The van der Waals surface area contributed by atoms with Crippen LogP contribution in [0.5, 0.6) is 0 Å². The molecule has 1 aromatic carbocycles. The molecule has 6 nitrogen and oxygen atoms in total. The van der Waals surface area contributed by atoms with Crippen molar-refractivity contribution >= 4 is 5.69 Å². The average molecular weight is 221 g/mol. The molecular weight excluding hydrogens is 208 g/mol. The summed E-state index contributed by atoms with van der Waals surface area (Å²) < 4.78 is 0. The molecular formula is C10H13N4O2-. The van der Waals surface area contributed by atoms with Crippen LogP contribution in [0.15, 0.2) is 35.6 Å². The van der Waals surface area contributed by atoms with Gasteiger partial charge in [0, 0.05) is 23.7 Å². The Kier molecular flexibility index (Phi) is 3.09. The first-order valence-electron chi connectivity index (χ1n) is 5.16. The third-order valence-corrected chi connectivity index (χ3v) is 2.69. The lowest BCUT2D eigenvalue weighted by atomic mass is 10.2. The fraction of sp³-hybridized carbons (Fsp3) is 0.400. The van der Waals surface area contributed by atoms with Gasteiger partial charge in [0.25, 0.3) is 0 Å². The molecule has 0 N–H and O–H groups in total. The fourth-order valence-corrected chi connectivity index (χ4v) is 1.82. The number of benzene rings is 1. The summed E-state index contributed by atoms with van der Waals surface area (Å²) in [5.41, 5.74) is 1.14. The van der Waals surface area contributed by atoms with E-state index in [9.17, 15) is 10.4 Å². The molecule has 0 amide bonds. The van der Waals surface area contributed by atoms with Gasteiger partial charge in [0.15, 0.2) is 0 Å². The van der Waals surface area contributed by atoms with Gasteiger partial charge < -0.3 is 15.3 Å². The second-order valence-electron chi connectivity index (χ2n) is 3.61. The SMILES string of the molecule is [O-]/N=[N+](\[O-])N1CCN(c2ccccc2)CC1. The van der Waals surface area contributed by atoms with Gasteiger partial charge in [-0.05, 0) is 17.4 Å². The van der Waals surface area contributed by atoms with Crippen molar-refractivity contribution in [3.63, 3.8) is 0 Å². The van der Waals surface area contributed by atoms with E-state index in [0.717, 1.165) is 18.8 Å². The van der Waals surface area contributed by atoms with Crippen LogP contribution < -0.4 is 4.90 Å². The Balaban J connectivity index is 1.96. The monoisotopic (exact) mass is 221 g/mol. The Bertz CT molecular complexity index is 360. The van der Waals surface area contributed by atoms with E-state index in [0.29, 0.717) is 13.1 Å². The Labute approximate surface area is 93.5 Å². The number of hydrogen-bond donors (Lipinski definition) is 0. The molecule has 0 bridgehead atoms. The van der Waals surface area contributed by atoms with Gasteiger partial charge in [0.05, 0.1) is 13.1 Å². The predicted octanol–water partition coefficient (Wildman–Crippen LogP) is 1.18. The highest BCUT2D eigenvalue weighted by Crippen LogP contribution is 2.15. The molecule has 1 heterocycles. The van der Waals surface area contributed by atoms with Crippen LogP contribution in [0.1, 0.15) is 0 Å². The van der Waals surface area contributed by atoms with Crippen molar-refractivity contribution in [2.75, 3.05) is 31.1 Å². The van der Waals surface area contributed by atoms with Crippen molar-refractivity contribution in [3.05, 3.63) is 40.7 Å². The van der Waals surface area contributed by atoms with Gasteiger partial charge >= 0.3 is 0 Å². The van der Waals surface area contributed by atoms with Crippen molar-refractivity contribution in [2.45, 2.75) is 0 Å². The van der Waals surface area contributed by atoms with Crippen LogP contribution in [0.25, 0.3) is 0 Å². The predicted molar refractivity (Wildman–Crippen MR) is 59.7 cm³/mol. The average Bonchev–Trinajstić information content (AvgIpc) is 2.39. The van der Waals surface area contributed by atoms with E-state index in [2.05, 4.69) is 10.2 Å². The van der Waals surface area contributed by atoms with Crippen LogP contribution in [0.4, 0.5) is 5.69 Å². The molecule has 1 aromatic rings. The zero-order valence-corrected chi connectivity index (χ0v) is 8.82. The molecule has 0 saturated carbocycles. The molecule has 0 unspecified atom stereocenters. The zero-order valence-electron chi connectivity index (χ0n) is 8.82. The van der Waals surface area contributed by atoms with Crippen molar-refractivity contribution in [1.82, 2.24) is 5.01 Å². The maximum absolute atomic E-state index is 11.0. The number of piperazine rings is 1. The first kappa shape index (κ1) is 10.5. The summed E-state index contributed by atoms with van der Waals surface area (Å²) in [5.74, 6) is 0. The molecule has 0 spiro atoms. The number of nitrogens with zero attached hydrogens (tertiary/aromatic N) is 4. The largest absolute Gasteiger partial charge is 0.737 e. The van der Waals surface area contributed by atoms with Crippen LogP contribution in [0, 0.1) is 10.4 Å². The molecule has 86 valence electrons. The van der Waals surface area contributed by atoms with E-state index in [4.69, 9.17) is 0 Å². The standard InChI is InChI=1S/C10H14N4O2/c15-11-14(16)13-8-6-12(7-9-13)10-4-2-1-3-5-10/h1-5,15H,6-9H2/p-1/b14-11-. The Morgan fingerprint density at radius 2 is 1.69 bits per heavy atom. The van der Waals surface area contributed by atoms with Gasteiger partial charge in [-0.15, -0.1) is 5.01 Å². The summed E-state index contributed by atoms with van der Waals surface area (Å²) in [5, 5.41) is 24.8. The summed E-state index contributed by atoms with van der Waals surface area (Å²) in [6.07, 6.45) is 0. The quantitative estimate of drug-likeness (QED) is 0.427. The number of hydrogen-bond acceptors (Lipinski definition) is 4. The molecule has 1 fully saturated rings. The smallest absolute Gasteiger partial charge is 0.0943 e. The molecule has 1 aliphatic heterocycles.